The fraction of sp³-hybridized carbons (Fsp3) is 0.300. The normalized spacial score (nSPS) is 14.2. The van der Waals surface area contributed by atoms with Gasteiger partial charge in [-0.2, -0.15) is 0 Å². The third-order valence-corrected chi connectivity index (χ3v) is 2.42. The van der Waals surface area contributed by atoms with Crippen LogP contribution in [0.15, 0.2) is 18.2 Å². The lowest BCUT2D eigenvalue weighted by molar-refractivity contribution is -0.144. The lowest BCUT2D eigenvalue weighted by atomic mass is 9.92. The van der Waals surface area contributed by atoms with Crippen molar-refractivity contribution in [2.45, 2.75) is 12.5 Å². The summed E-state index contributed by atoms with van der Waals surface area (Å²) in [6, 6.07) is 3.61. The van der Waals surface area contributed by atoms with E-state index in [0.717, 1.165) is 6.07 Å². The predicted molar refractivity (Wildman–Crippen MR) is 55.3 cm³/mol. The quantitative estimate of drug-likeness (QED) is 0.519. The number of nitrogens with two attached hydrogens (primary N) is 1. The first-order valence-corrected chi connectivity index (χ1v) is 4.51. The van der Waals surface area contributed by atoms with Crippen LogP contribution in [0.25, 0.3) is 0 Å². The molecular formula is C10H13FN2O3. The Morgan fingerprint density at radius 3 is 2.69 bits per heavy atom. The number of halogens is 1. The Kier molecular flexibility index (Phi) is 3.46. The molecule has 1 aromatic carbocycles. The lowest BCUT2D eigenvalue weighted by Crippen LogP contribution is -2.50. The van der Waals surface area contributed by atoms with E-state index in [2.05, 4.69) is 5.43 Å². The van der Waals surface area contributed by atoms with Gasteiger partial charge in [-0.3, -0.25) is 5.84 Å². The summed E-state index contributed by atoms with van der Waals surface area (Å²) in [5.74, 6) is 3.68. The number of carboxylic acid groups (broad SMARTS) is 1. The molecule has 6 heteroatoms. The minimum Gasteiger partial charge on any atom is -0.496 e. The van der Waals surface area contributed by atoms with Crippen LogP contribution in [0.3, 0.4) is 0 Å². The number of nitrogens with one attached hydrogen (secondary N) is 1. The topological polar surface area (TPSA) is 84.6 Å². The van der Waals surface area contributed by atoms with E-state index >= 15 is 0 Å². The van der Waals surface area contributed by atoms with Crippen molar-refractivity contribution in [1.29, 1.82) is 0 Å². The zero-order chi connectivity index (χ0) is 12.3. The second-order valence-corrected chi connectivity index (χ2v) is 3.42. The van der Waals surface area contributed by atoms with Crippen LogP contribution in [0.4, 0.5) is 4.39 Å². The fourth-order valence-electron chi connectivity index (χ4n) is 1.33. The molecule has 0 radical (unpaired) electrons. The van der Waals surface area contributed by atoms with Crippen molar-refractivity contribution >= 4 is 5.97 Å². The van der Waals surface area contributed by atoms with E-state index in [4.69, 9.17) is 15.7 Å². The average Bonchev–Trinajstić information content (AvgIpc) is 2.27. The van der Waals surface area contributed by atoms with Gasteiger partial charge in [-0.25, -0.2) is 14.6 Å². The van der Waals surface area contributed by atoms with Crippen LogP contribution >= 0.6 is 0 Å². The second-order valence-electron chi connectivity index (χ2n) is 3.42. The van der Waals surface area contributed by atoms with Crippen molar-refractivity contribution in [1.82, 2.24) is 5.43 Å². The monoisotopic (exact) mass is 228 g/mol. The molecule has 0 aliphatic rings. The maximum atomic E-state index is 13.1. The summed E-state index contributed by atoms with van der Waals surface area (Å²) in [5, 5.41) is 9.08. The zero-order valence-corrected chi connectivity index (χ0v) is 8.95. The highest BCUT2D eigenvalue weighted by atomic mass is 19.1. The maximum Gasteiger partial charge on any atom is 0.329 e. The number of methoxy groups -OCH3 is 1. The summed E-state index contributed by atoms with van der Waals surface area (Å²) in [5.41, 5.74) is 0.676. The molecule has 0 bridgehead atoms. The molecule has 88 valence electrons. The Morgan fingerprint density at radius 2 is 2.25 bits per heavy atom. The molecule has 0 fully saturated rings. The Morgan fingerprint density at radius 1 is 1.62 bits per heavy atom. The summed E-state index contributed by atoms with van der Waals surface area (Å²) in [6.45, 7) is 1.33. The summed E-state index contributed by atoms with van der Waals surface area (Å²) in [7, 11) is 1.37. The number of carboxylic acids is 1. The summed E-state index contributed by atoms with van der Waals surface area (Å²) in [4.78, 5) is 11.1. The molecule has 0 saturated carbocycles. The third-order valence-electron chi connectivity index (χ3n) is 2.42. The smallest absolute Gasteiger partial charge is 0.329 e. The number of benzene rings is 1. The standard InChI is InChI=1S/C10H13FN2O3/c1-10(13-12,9(14)15)7-5-6(11)3-4-8(7)16-2/h3-5,13H,12H2,1-2H3,(H,14,15). The van der Waals surface area contributed by atoms with E-state index in [1.807, 2.05) is 0 Å². The van der Waals surface area contributed by atoms with E-state index in [1.165, 1.54) is 26.2 Å². The van der Waals surface area contributed by atoms with Crippen LogP contribution in [-0.2, 0) is 10.3 Å². The van der Waals surface area contributed by atoms with Crippen molar-refractivity contribution in [3.63, 3.8) is 0 Å². The zero-order valence-electron chi connectivity index (χ0n) is 8.95. The van der Waals surface area contributed by atoms with Crippen LogP contribution in [0, 0.1) is 5.82 Å². The van der Waals surface area contributed by atoms with E-state index < -0.39 is 17.3 Å². The molecule has 1 unspecified atom stereocenters. The number of aliphatic carboxylic acids is 1. The summed E-state index contributed by atoms with van der Waals surface area (Å²) < 4.78 is 18.1. The molecule has 1 atom stereocenters. The van der Waals surface area contributed by atoms with Gasteiger partial charge in [0.05, 0.1) is 7.11 Å². The maximum absolute atomic E-state index is 13.1. The molecule has 1 rings (SSSR count). The van der Waals surface area contributed by atoms with Gasteiger partial charge >= 0.3 is 5.97 Å². The number of hydrazine groups is 1. The molecule has 0 aliphatic carbocycles. The lowest BCUT2D eigenvalue weighted by Gasteiger charge is -2.26. The van der Waals surface area contributed by atoms with E-state index in [9.17, 15) is 9.18 Å². The highest BCUT2D eigenvalue weighted by Gasteiger charge is 2.37. The number of hydrogen-bond donors (Lipinski definition) is 3. The van der Waals surface area contributed by atoms with Gasteiger partial charge in [0.2, 0.25) is 0 Å². The number of carbonyl (C=O) groups is 1. The van der Waals surface area contributed by atoms with Crippen LogP contribution in [0.1, 0.15) is 12.5 Å². The van der Waals surface area contributed by atoms with Gasteiger partial charge in [-0.15, -0.1) is 0 Å². The van der Waals surface area contributed by atoms with Crippen molar-refractivity contribution in [3.8, 4) is 5.75 Å². The fourth-order valence-corrected chi connectivity index (χ4v) is 1.33. The molecule has 0 saturated heterocycles. The van der Waals surface area contributed by atoms with Crippen LogP contribution < -0.4 is 16.0 Å². The van der Waals surface area contributed by atoms with Crippen molar-refractivity contribution < 1.29 is 19.0 Å². The molecule has 0 aromatic heterocycles. The molecule has 4 N–H and O–H groups in total. The highest BCUT2D eigenvalue weighted by molar-refractivity contribution is 5.81. The van der Waals surface area contributed by atoms with Crippen molar-refractivity contribution in [2.75, 3.05) is 7.11 Å². The van der Waals surface area contributed by atoms with Gasteiger partial charge < -0.3 is 9.84 Å². The molecule has 0 amide bonds. The van der Waals surface area contributed by atoms with E-state index in [-0.39, 0.29) is 11.3 Å². The van der Waals surface area contributed by atoms with Gasteiger partial charge in [0.15, 0.2) is 5.54 Å². The first-order chi connectivity index (χ1) is 7.45. The first-order valence-electron chi connectivity index (χ1n) is 4.51. The Labute approximate surface area is 92.0 Å². The van der Waals surface area contributed by atoms with Gasteiger partial charge in [-0.05, 0) is 25.1 Å². The predicted octanol–water partition coefficient (Wildman–Crippen LogP) is 0.597. The van der Waals surface area contributed by atoms with Crippen LogP contribution in [0.2, 0.25) is 0 Å². The third kappa shape index (κ3) is 1.98. The van der Waals surface area contributed by atoms with Gasteiger partial charge in [0, 0.05) is 5.56 Å². The second kappa shape index (κ2) is 4.46. The van der Waals surface area contributed by atoms with E-state index in [0.29, 0.717) is 0 Å². The minimum atomic E-state index is -1.60. The van der Waals surface area contributed by atoms with Gasteiger partial charge in [0.1, 0.15) is 11.6 Å². The first kappa shape index (κ1) is 12.4. The van der Waals surface area contributed by atoms with E-state index in [1.54, 1.807) is 0 Å². The number of rotatable bonds is 4. The largest absolute Gasteiger partial charge is 0.496 e. The highest BCUT2D eigenvalue weighted by Crippen LogP contribution is 2.30. The van der Waals surface area contributed by atoms with Crippen molar-refractivity contribution in [3.05, 3.63) is 29.6 Å². The minimum absolute atomic E-state index is 0.130. The Hall–Kier alpha value is -1.66. The van der Waals surface area contributed by atoms with Crippen molar-refractivity contribution in [2.24, 2.45) is 5.84 Å². The molecule has 0 aliphatic heterocycles. The van der Waals surface area contributed by atoms with Crippen LogP contribution in [0.5, 0.6) is 5.75 Å². The van der Waals surface area contributed by atoms with Gasteiger partial charge in [0.25, 0.3) is 0 Å². The molecule has 1 aromatic rings. The Balaban J connectivity index is 3.39. The summed E-state index contributed by atoms with van der Waals surface area (Å²) >= 11 is 0. The summed E-state index contributed by atoms with van der Waals surface area (Å²) in [6.07, 6.45) is 0. The molecular weight excluding hydrogens is 215 g/mol. The number of ether oxygens (including phenoxy) is 1. The Bertz CT molecular complexity index is 411. The molecule has 0 spiro atoms. The van der Waals surface area contributed by atoms with Gasteiger partial charge in [-0.1, -0.05) is 0 Å². The average molecular weight is 228 g/mol. The SMILES string of the molecule is COc1ccc(F)cc1C(C)(NN)C(=O)O. The molecule has 5 nitrogen and oxygen atoms in total. The molecule has 16 heavy (non-hydrogen) atoms. The van der Waals surface area contributed by atoms with Crippen LogP contribution in [-0.4, -0.2) is 18.2 Å². The molecule has 0 heterocycles. The number of hydrogen-bond acceptors (Lipinski definition) is 4.